The van der Waals surface area contributed by atoms with Crippen LogP contribution in [0.1, 0.15) is 20.8 Å². The van der Waals surface area contributed by atoms with Crippen LogP contribution in [0.5, 0.6) is 0 Å². The van der Waals surface area contributed by atoms with Crippen molar-refractivity contribution in [2.75, 3.05) is 29.9 Å². The van der Waals surface area contributed by atoms with E-state index in [1.165, 1.54) is 0 Å². The van der Waals surface area contributed by atoms with Crippen LogP contribution in [-0.2, 0) is 9.53 Å². The molecule has 1 aromatic heterocycles. The van der Waals surface area contributed by atoms with Gasteiger partial charge in [-0.15, -0.1) is 0 Å². The lowest BCUT2D eigenvalue weighted by Gasteiger charge is -2.45. The Kier molecular flexibility index (Phi) is 4.66. The predicted molar refractivity (Wildman–Crippen MR) is 112 cm³/mol. The number of carbonyl (C=O) groups excluding carboxylic acids is 2. The fraction of sp³-hybridized carbons (Fsp3) is 0.421. The van der Waals surface area contributed by atoms with Crippen LogP contribution < -0.4 is 10.2 Å². The first-order valence-electron chi connectivity index (χ1n) is 8.97. The van der Waals surface area contributed by atoms with Gasteiger partial charge in [0.1, 0.15) is 11.6 Å². The van der Waals surface area contributed by atoms with Crippen LogP contribution in [0.4, 0.5) is 16.2 Å². The number of anilines is 2. The van der Waals surface area contributed by atoms with Crippen LogP contribution in [0.2, 0.25) is 5.02 Å². The Bertz CT molecular complexity index is 991. The number of carbonyl (C=O) groups is 2. The smallest absolute Gasteiger partial charge is 0.410 e. The van der Waals surface area contributed by atoms with E-state index < -0.39 is 17.7 Å². The summed E-state index contributed by atoms with van der Waals surface area (Å²) < 4.78 is 6.23. The molecular weight excluding hydrogens is 448 g/mol. The molecule has 9 heteroatoms. The van der Waals surface area contributed by atoms with Gasteiger partial charge in [0.15, 0.2) is 0 Å². The van der Waals surface area contributed by atoms with Crippen LogP contribution >= 0.6 is 27.5 Å². The van der Waals surface area contributed by atoms with Crippen molar-refractivity contribution >= 4 is 61.8 Å². The van der Waals surface area contributed by atoms with Crippen LogP contribution in [0.25, 0.3) is 10.9 Å². The molecule has 1 N–H and O–H groups in total. The number of rotatable bonds is 0. The van der Waals surface area contributed by atoms with E-state index in [-0.39, 0.29) is 12.5 Å². The van der Waals surface area contributed by atoms with E-state index >= 15 is 0 Å². The van der Waals surface area contributed by atoms with Gasteiger partial charge in [-0.3, -0.25) is 9.78 Å². The molecule has 1 atom stereocenters. The largest absolute Gasteiger partial charge is 0.444 e. The zero-order valence-corrected chi connectivity index (χ0v) is 18.1. The Labute approximate surface area is 176 Å². The first-order chi connectivity index (χ1) is 13.1. The Balaban J connectivity index is 1.70. The lowest BCUT2D eigenvalue weighted by molar-refractivity contribution is -0.118. The number of hydrogen-bond acceptors (Lipinski definition) is 5. The lowest BCUT2D eigenvalue weighted by Crippen LogP contribution is -2.61. The van der Waals surface area contributed by atoms with E-state index in [0.29, 0.717) is 23.8 Å². The second kappa shape index (κ2) is 6.77. The first kappa shape index (κ1) is 19.3. The fourth-order valence-corrected chi connectivity index (χ4v) is 4.05. The quantitative estimate of drug-likeness (QED) is 0.633. The number of nitrogens with one attached hydrogen (secondary N) is 1. The maximum absolute atomic E-state index is 12.7. The number of fused-ring (bicyclic) bond motifs is 5. The average Bonchev–Trinajstić information content (AvgIpc) is 2.61. The van der Waals surface area contributed by atoms with E-state index in [2.05, 4.69) is 26.2 Å². The summed E-state index contributed by atoms with van der Waals surface area (Å²) in [5, 5.41) is 4.35. The SMILES string of the molecule is CC(C)(C)OC(=O)N1CCN2c3c(cnc4cc(Br)c(Cl)cc34)NC(=O)C2C1. The number of benzene rings is 1. The molecule has 1 saturated heterocycles. The second-order valence-electron chi connectivity index (χ2n) is 7.93. The summed E-state index contributed by atoms with van der Waals surface area (Å²) in [5.41, 5.74) is 1.73. The first-order valence-corrected chi connectivity index (χ1v) is 10.1. The van der Waals surface area contributed by atoms with Crippen LogP contribution in [0, 0.1) is 0 Å². The van der Waals surface area contributed by atoms with Gasteiger partial charge in [0.2, 0.25) is 5.91 Å². The highest BCUT2D eigenvalue weighted by Gasteiger charge is 2.40. The maximum Gasteiger partial charge on any atom is 0.410 e. The predicted octanol–water partition coefficient (Wildman–Crippen LogP) is 4.03. The molecule has 7 nitrogen and oxygen atoms in total. The van der Waals surface area contributed by atoms with Gasteiger partial charge in [-0.1, -0.05) is 11.6 Å². The number of ether oxygens (including phenoxy) is 1. The molecule has 2 aliphatic heterocycles. The van der Waals surface area contributed by atoms with E-state index in [1.54, 1.807) is 11.1 Å². The van der Waals surface area contributed by atoms with E-state index in [4.69, 9.17) is 16.3 Å². The zero-order valence-electron chi connectivity index (χ0n) is 15.8. The summed E-state index contributed by atoms with van der Waals surface area (Å²) in [6.07, 6.45) is 1.25. The molecule has 2 aliphatic rings. The molecule has 1 aromatic carbocycles. The van der Waals surface area contributed by atoms with Crippen molar-refractivity contribution < 1.29 is 14.3 Å². The van der Waals surface area contributed by atoms with Crippen molar-refractivity contribution in [3.8, 4) is 0 Å². The topological polar surface area (TPSA) is 74.8 Å². The molecule has 0 bridgehead atoms. The Morgan fingerprint density at radius 1 is 1.36 bits per heavy atom. The third-order valence-corrected chi connectivity index (χ3v) is 5.96. The van der Waals surface area contributed by atoms with Crippen molar-refractivity contribution in [1.29, 1.82) is 0 Å². The third-order valence-electron chi connectivity index (χ3n) is 4.76. The Morgan fingerprint density at radius 3 is 2.82 bits per heavy atom. The summed E-state index contributed by atoms with van der Waals surface area (Å²) in [5.74, 6) is -0.162. The number of amides is 2. The molecule has 3 heterocycles. The van der Waals surface area contributed by atoms with Crippen molar-refractivity contribution in [2.45, 2.75) is 32.4 Å². The molecule has 2 amide bonds. The van der Waals surface area contributed by atoms with Gasteiger partial charge in [-0.25, -0.2) is 4.79 Å². The summed E-state index contributed by atoms with van der Waals surface area (Å²) >= 11 is 9.74. The molecule has 148 valence electrons. The number of hydrogen-bond donors (Lipinski definition) is 1. The Morgan fingerprint density at radius 2 is 2.11 bits per heavy atom. The number of aromatic nitrogens is 1. The van der Waals surface area contributed by atoms with E-state index in [1.807, 2.05) is 37.8 Å². The average molecular weight is 468 g/mol. The van der Waals surface area contributed by atoms with Gasteiger partial charge >= 0.3 is 6.09 Å². The van der Waals surface area contributed by atoms with Gasteiger partial charge in [-0.2, -0.15) is 0 Å². The van der Waals surface area contributed by atoms with E-state index in [0.717, 1.165) is 21.1 Å². The zero-order chi connectivity index (χ0) is 20.2. The van der Waals surface area contributed by atoms with Crippen molar-refractivity contribution in [2.24, 2.45) is 0 Å². The minimum absolute atomic E-state index is 0.162. The molecule has 0 spiro atoms. The standard InChI is InChI=1S/C19H20BrClN4O3/c1-19(2,3)28-18(27)24-4-5-25-15(9-24)17(26)23-14-8-22-13-7-11(20)12(21)6-10(13)16(14)25/h6-8,15H,4-5,9H2,1-3H3,(H,23,26). The molecule has 2 aromatic rings. The maximum atomic E-state index is 12.7. The second-order valence-corrected chi connectivity index (χ2v) is 9.19. The van der Waals surface area contributed by atoms with Crippen molar-refractivity contribution in [3.63, 3.8) is 0 Å². The van der Waals surface area contributed by atoms with Crippen LogP contribution in [-0.4, -0.2) is 53.2 Å². The van der Waals surface area contributed by atoms with Gasteiger partial charge < -0.3 is 19.9 Å². The number of piperazine rings is 1. The summed E-state index contributed by atoms with van der Waals surface area (Å²) in [7, 11) is 0. The number of nitrogens with zero attached hydrogens (tertiary/aromatic N) is 3. The van der Waals surface area contributed by atoms with Crippen molar-refractivity contribution in [3.05, 3.63) is 27.8 Å². The highest BCUT2D eigenvalue weighted by atomic mass is 79.9. The summed E-state index contributed by atoms with van der Waals surface area (Å²) in [6, 6.07) is 3.21. The van der Waals surface area contributed by atoms with Gasteiger partial charge in [0, 0.05) is 22.9 Å². The van der Waals surface area contributed by atoms with Crippen LogP contribution in [0.3, 0.4) is 0 Å². The van der Waals surface area contributed by atoms with Crippen molar-refractivity contribution in [1.82, 2.24) is 9.88 Å². The minimum Gasteiger partial charge on any atom is -0.444 e. The van der Waals surface area contributed by atoms with Gasteiger partial charge in [-0.05, 0) is 48.8 Å². The fourth-order valence-electron chi connectivity index (χ4n) is 3.56. The minimum atomic E-state index is -0.582. The van der Waals surface area contributed by atoms with Gasteiger partial charge in [0.25, 0.3) is 0 Å². The summed E-state index contributed by atoms with van der Waals surface area (Å²) in [6.45, 7) is 6.71. The molecule has 4 rings (SSSR count). The highest BCUT2D eigenvalue weighted by Crippen LogP contribution is 2.41. The number of pyridine rings is 1. The third kappa shape index (κ3) is 3.39. The van der Waals surface area contributed by atoms with Gasteiger partial charge in [0.05, 0.1) is 34.7 Å². The molecule has 0 radical (unpaired) electrons. The highest BCUT2D eigenvalue weighted by molar-refractivity contribution is 9.10. The molecule has 0 saturated carbocycles. The molecular formula is C19H20BrClN4O3. The van der Waals surface area contributed by atoms with E-state index in [9.17, 15) is 9.59 Å². The molecule has 1 fully saturated rings. The monoisotopic (exact) mass is 466 g/mol. The summed E-state index contributed by atoms with van der Waals surface area (Å²) in [4.78, 5) is 33.2. The lowest BCUT2D eigenvalue weighted by atomic mass is 10.0. The van der Waals surface area contributed by atoms with Crippen LogP contribution in [0.15, 0.2) is 22.8 Å². The Hall–Kier alpha value is -2.06. The molecule has 28 heavy (non-hydrogen) atoms. The molecule has 1 unspecified atom stereocenters. The number of halogens is 2. The normalized spacial score (nSPS) is 19.2. The molecule has 0 aliphatic carbocycles.